The highest BCUT2D eigenvalue weighted by Gasteiger charge is 2.19. The lowest BCUT2D eigenvalue weighted by molar-refractivity contribution is 0.103. The third kappa shape index (κ3) is 1.95. The molecule has 1 aromatic carbocycles. The van der Waals surface area contributed by atoms with Gasteiger partial charge in [0, 0.05) is 23.3 Å². The summed E-state index contributed by atoms with van der Waals surface area (Å²) in [5.41, 5.74) is 1.85. The second-order valence-electron chi connectivity index (χ2n) is 4.46. The fourth-order valence-electron chi connectivity index (χ4n) is 2.26. The van der Waals surface area contributed by atoms with Crippen LogP contribution in [-0.2, 0) is 0 Å². The van der Waals surface area contributed by atoms with Gasteiger partial charge in [-0.15, -0.1) is 0 Å². The maximum atomic E-state index is 12.6. The van der Waals surface area contributed by atoms with Crippen LogP contribution in [0.4, 0.5) is 0 Å². The predicted octanol–water partition coefficient (Wildman–Crippen LogP) is 3.38. The molecule has 3 aromatic rings. The van der Waals surface area contributed by atoms with Crippen molar-refractivity contribution in [2.45, 2.75) is 6.92 Å². The Morgan fingerprint density at radius 3 is 2.65 bits per heavy atom. The maximum Gasteiger partial charge on any atom is 0.197 e. The lowest BCUT2D eigenvalue weighted by atomic mass is 10.0. The van der Waals surface area contributed by atoms with Gasteiger partial charge >= 0.3 is 0 Å². The smallest absolute Gasteiger partial charge is 0.197 e. The number of nitrogens with zero attached hydrogens (tertiary/aromatic N) is 1. The summed E-state index contributed by atoms with van der Waals surface area (Å²) in [4.78, 5) is 16.5. The van der Waals surface area contributed by atoms with Gasteiger partial charge in [-0.3, -0.25) is 9.78 Å². The third-order valence-corrected chi connectivity index (χ3v) is 3.24. The highest BCUT2D eigenvalue weighted by atomic mass is 16.5. The molecule has 0 radical (unpaired) electrons. The van der Waals surface area contributed by atoms with E-state index in [0.717, 1.165) is 5.39 Å². The number of carbonyl (C=O) groups is 1. The maximum absolute atomic E-state index is 12.6. The zero-order valence-corrected chi connectivity index (χ0v) is 11.2. The van der Waals surface area contributed by atoms with Crippen molar-refractivity contribution in [2.75, 3.05) is 7.11 Å². The molecule has 2 aromatic heterocycles. The second-order valence-corrected chi connectivity index (χ2v) is 4.46. The van der Waals surface area contributed by atoms with E-state index in [9.17, 15) is 4.79 Å². The molecule has 0 unspecified atom stereocenters. The Morgan fingerprint density at radius 2 is 1.95 bits per heavy atom. The van der Waals surface area contributed by atoms with Crippen LogP contribution in [0.3, 0.4) is 0 Å². The number of rotatable bonds is 3. The van der Waals surface area contributed by atoms with Gasteiger partial charge in [0.05, 0.1) is 12.7 Å². The van der Waals surface area contributed by atoms with Crippen LogP contribution in [0.25, 0.3) is 11.0 Å². The highest BCUT2D eigenvalue weighted by molar-refractivity contribution is 6.16. The molecule has 2 heterocycles. The summed E-state index contributed by atoms with van der Waals surface area (Å²) in [5.74, 6) is 1.23. The van der Waals surface area contributed by atoms with Crippen molar-refractivity contribution in [3.63, 3.8) is 0 Å². The number of ether oxygens (including phenoxy) is 1. The summed E-state index contributed by atoms with van der Waals surface area (Å²) in [7, 11) is 1.60. The molecule has 3 rings (SSSR count). The molecule has 4 nitrogen and oxygen atoms in total. The van der Waals surface area contributed by atoms with Crippen LogP contribution in [0.15, 0.2) is 47.1 Å². The Bertz CT molecular complexity index is 775. The van der Waals surface area contributed by atoms with Gasteiger partial charge in [0.2, 0.25) is 0 Å². The Balaban J connectivity index is 2.20. The third-order valence-electron chi connectivity index (χ3n) is 3.24. The van der Waals surface area contributed by atoms with Gasteiger partial charge in [-0.2, -0.15) is 0 Å². The van der Waals surface area contributed by atoms with Crippen molar-refractivity contribution in [1.82, 2.24) is 4.98 Å². The number of ketones is 1. The summed E-state index contributed by atoms with van der Waals surface area (Å²) in [6, 6.07) is 8.83. The zero-order valence-electron chi connectivity index (χ0n) is 11.2. The Labute approximate surface area is 116 Å². The predicted molar refractivity (Wildman–Crippen MR) is 75.2 cm³/mol. The second kappa shape index (κ2) is 4.81. The number of hydrogen-bond donors (Lipinski definition) is 0. The van der Waals surface area contributed by atoms with Crippen molar-refractivity contribution in [3.8, 4) is 5.75 Å². The lowest BCUT2D eigenvalue weighted by Gasteiger charge is -2.01. The van der Waals surface area contributed by atoms with Gasteiger partial charge < -0.3 is 9.15 Å². The number of methoxy groups -OCH3 is 1. The number of aryl methyl sites for hydroxylation is 1. The Hall–Kier alpha value is -2.62. The van der Waals surface area contributed by atoms with E-state index in [1.807, 2.05) is 18.2 Å². The van der Waals surface area contributed by atoms with E-state index >= 15 is 0 Å². The van der Waals surface area contributed by atoms with Crippen LogP contribution in [0.2, 0.25) is 0 Å². The van der Waals surface area contributed by atoms with E-state index in [4.69, 9.17) is 9.15 Å². The minimum Gasteiger partial charge on any atom is -0.497 e. The fraction of sp³-hybridized carbons (Fsp3) is 0.125. The molecule has 0 saturated heterocycles. The van der Waals surface area contributed by atoms with E-state index in [1.54, 1.807) is 38.6 Å². The normalized spacial score (nSPS) is 10.7. The summed E-state index contributed by atoms with van der Waals surface area (Å²) in [6.07, 6.45) is 3.21. The number of aromatic nitrogens is 1. The number of furan rings is 1. The molecule has 0 aliphatic carbocycles. The fourth-order valence-corrected chi connectivity index (χ4v) is 2.26. The van der Waals surface area contributed by atoms with Crippen LogP contribution in [0.5, 0.6) is 5.75 Å². The molecule has 4 heteroatoms. The number of carbonyl (C=O) groups excluding carboxylic acids is 1. The first-order valence-corrected chi connectivity index (χ1v) is 6.22. The number of benzene rings is 1. The van der Waals surface area contributed by atoms with Gasteiger partial charge in [-0.25, -0.2) is 0 Å². The van der Waals surface area contributed by atoms with E-state index in [2.05, 4.69) is 4.98 Å². The van der Waals surface area contributed by atoms with Gasteiger partial charge in [-0.05, 0) is 37.3 Å². The van der Waals surface area contributed by atoms with E-state index < -0.39 is 0 Å². The SMILES string of the molecule is COc1ccc2oc(C)c(C(=O)c3ccncc3)c2c1. The zero-order chi connectivity index (χ0) is 14.1. The largest absolute Gasteiger partial charge is 0.497 e. The molecular formula is C16H13NO3. The van der Waals surface area contributed by atoms with Crippen LogP contribution in [-0.4, -0.2) is 17.9 Å². The van der Waals surface area contributed by atoms with Gasteiger partial charge in [0.25, 0.3) is 0 Å². The summed E-state index contributed by atoms with van der Waals surface area (Å²) < 4.78 is 10.9. The first kappa shape index (κ1) is 12.4. The van der Waals surface area contributed by atoms with E-state index in [1.165, 1.54) is 0 Å². The van der Waals surface area contributed by atoms with Crippen molar-refractivity contribution in [1.29, 1.82) is 0 Å². The number of pyridine rings is 1. The first-order chi connectivity index (χ1) is 9.70. The molecule has 0 fully saturated rings. The summed E-state index contributed by atoms with van der Waals surface area (Å²) in [5, 5.41) is 0.767. The minimum absolute atomic E-state index is 0.0723. The van der Waals surface area contributed by atoms with Crippen molar-refractivity contribution in [2.24, 2.45) is 0 Å². The molecule has 0 spiro atoms. The Morgan fingerprint density at radius 1 is 1.20 bits per heavy atom. The molecule has 0 N–H and O–H groups in total. The highest BCUT2D eigenvalue weighted by Crippen LogP contribution is 2.30. The van der Waals surface area contributed by atoms with Crippen LogP contribution >= 0.6 is 0 Å². The van der Waals surface area contributed by atoms with Crippen LogP contribution < -0.4 is 4.74 Å². The van der Waals surface area contributed by atoms with E-state index in [-0.39, 0.29) is 5.78 Å². The minimum atomic E-state index is -0.0723. The molecule has 20 heavy (non-hydrogen) atoms. The number of fused-ring (bicyclic) bond motifs is 1. The van der Waals surface area contributed by atoms with E-state index in [0.29, 0.717) is 28.2 Å². The van der Waals surface area contributed by atoms with Crippen molar-refractivity contribution >= 4 is 16.8 Å². The number of hydrogen-bond acceptors (Lipinski definition) is 4. The molecule has 0 aliphatic heterocycles. The van der Waals surface area contributed by atoms with Gasteiger partial charge in [0.15, 0.2) is 5.78 Å². The summed E-state index contributed by atoms with van der Waals surface area (Å²) in [6.45, 7) is 1.79. The molecule has 0 bridgehead atoms. The van der Waals surface area contributed by atoms with Gasteiger partial charge in [-0.1, -0.05) is 0 Å². The standard InChI is InChI=1S/C16H13NO3/c1-10-15(16(18)11-5-7-17-8-6-11)13-9-12(19-2)3-4-14(13)20-10/h3-9H,1-2H3. The molecule has 0 saturated carbocycles. The lowest BCUT2D eigenvalue weighted by Crippen LogP contribution is -2.02. The summed E-state index contributed by atoms with van der Waals surface area (Å²) >= 11 is 0. The molecular weight excluding hydrogens is 254 g/mol. The van der Waals surface area contributed by atoms with Crippen LogP contribution in [0.1, 0.15) is 21.7 Å². The first-order valence-electron chi connectivity index (χ1n) is 6.22. The van der Waals surface area contributed by atoms with Crippen molar-refractivity contribution < 1.29 is 13.9 Å². The molecule has 0 amide bonds. The molecule has 100 valence electrons. The quantitative estimate of drug-likeness (QED) is 0.683. The van der Waals surface area contributed by atoms with Gasteiger partial charge in [0.1, 0.15) is 17.1 Å². The Kier molecular flexibility index (Phi) is 2.99. The molecule has 0 aliphatic rings. The van der Waals surface area contributed by atoms with Crippen LogP contribution in [0, 0.1) is 6.92 Å². The monoisotopic (exact) mass is 267 g/mol. The molecule has 0 atom stereocenters. The average molecular weight is 267 g/mol. The topological polar surface area (TPSA) is 52.3 Å². The average Bonchev–Trinajstić information content (AvgIpc) is 2.82. The van der Waals surface area contributed by atoms with Crippen molar-refractivity contribution in [3.05, 3.63) is 59.6 Å².